The first-order chi connectivity index (χ1) is 18.1. The van der Waals surface area contributed by atoms with Gasteiger partial charge in [-0.1, -0.05) is 107 Å². The van der Waals surface area contributed by atoms with Crippen molar-refractivity contribution in [3.63, 3.8) is 0 Å². The third kappa shape index (κ3) is 10.1. The summed E-state index contributed by atoms with van der Waals surface area (Å²) in [6, 6.07) is 8.30. The summed E-state index contributed by atoms with van der Waals surface area (Å²) < 4.78 is 0. The average Bonchev–Trinajstić information content (AvgIpc) is 2.80. The van der Waals surface area contributed by atoms with E-state index in [0.717, 1.165) is 11.4 Å². The molecule has 0 radical (unpaired) electrons. The molecule has 0 saturated carbocycles. The molecule has 0 bridgehead atoms. The fourth-order valence-electron chi connectivity index (χ4n) is 4.28. The first-order valence-corrected chi connectivity index (χ1v) is 14.2. The van der Waals surface area contributed by atoms with Gasteiger partial charge in [0.15, 0.2) is 0 Å². The summed E-state index contributed by atoms with van der Waals surface area (Å²) in [5.74, 6) is -0.887. The van der Waals surface area contributed by atoms with Crippen LogP contribution >= 0.6 is 11.6 Å². The third-order valence-corrected chi connectivity index (χ3v) is 6.86. The van der Waals surface area contributed by atoms with Crippen molar-refractivity contribution >= 4 is 23.5 Å². The number of rotatable bonds is 3. The summed E-state index contributed by atoms with van der Waals surface area (Å²) in [5, 5.41) is 24.6. The zero-order valence-corrected chi connectivity index (χ0v) is 28.4. The predicted molar refractivity (Wildman–Crippen MR) is 165 cm³/mol. The number of halogens is 1. The maximum absolute atomic E-state index is 12.1. The fourth-order valence-corrected chi connectivity index (χ4v) is 4.76. The van der Waals surface area contributed by atoms with Gasteiger partial charge in [0.05, 0.1) is 11.4 Å². The van der Waals surface area contributed by atoms with E-state index < -0.39 is 16.9 Å². The molecule has 7 heteroatoms. The summed E-state index contributed by atoms with van der Waals surface area (Å²) in [5.41, 5.74) is 4.85. The van der Waals surface area contributed by atoms with E-state index in [4.69, 9.17) is 16.6 Å². The van der Waals surface area contributed by atoms with Crippen molar-refractivity contribution < 1.29 is 26.7 Å². The van der Waals surface area contributed by atoms with Crippen molar-refractivity contribution in [3.8, 4) is 11.5 Å². The Morgan fingerprint density at radius 1 is 0.756 bits per heavy atom. The van der Waals surface area contributed by atoms with Crippen LogP contribution in [0.1, 0.15) is 111 Å². The molecule has 2 aromatic carbocycles. The van der Waals surface area contributed by atoms with Crippen LogP contribution in [0.5, 0.6) is 11.5 Å². The van der Waals surface area contributed by atoms with Gasteiger partial charge in [-0.2, -0.15) is 0 Å². The molecule has 0 spiro atoms. The van der Waals surface area contributed by atoms with E-state index >= 15 is 0 Å². The summed E-state index contributed by atoms with van der Waals surface area (Å²) in [4.78, 5) is 13.1. The number of hydrogen-bond acceptors (Lipinski definition) is 5. The normalized spacial score (nSPS) is 12.5. The van der Waals surface area contributed by atoms with Gasteiger partial charge in [-0.25, -0.2) is 0 Å². The maximum atomic E-state index is 12.1. The molecule has 5 nitrogen and oxygen atoms in total. The van der Waals surface area contributed by atoms with E-state index in [-0.39, 0.29) is 32.7 Å². The summed E-state index contributed by atoms with van der Waals surface area (Å²) in [7, 11) is 0. The molecule has 0 saturated heterocycles. The van der Waals surface area contributed by atoms with Crippen molar-refractivity contribution in [2.24, 2.45) is 4.99 Å². The van der Waals surface area contributed by atoms with Gasteiger partial charge in [-0.3, -0.25) is 15.0 Å². The van der Waals surface area contributed by atoms with Crippen LogP contribution in [0.15, 0.2) is 47.8 Å². The smallest absolute Gasteiger partial charge is 0.873 e. The molecule has 0 aliphatic heterocycles. The molecule has 41 heavy (non-hydrogen) atoms. The molecule has 226 valence electrons. The number of nitrogens with zero attached hydrogens (tertiary/aromatic N) is 3. The van der Waals surface area contributed by atoms with Crippen molar-refractivity contribution in [1.29, 1.82) is 0 Å². The van der Waals surface area contributed by atoms with Gasteiger partial charge in [-0.15, -0.1) is 11.5 Å². The molecule has 1 aromatic heterocycles. The van der Waals surface area contributed by atoms with Crippen molar-refractivity contribution in [1.82, 2.24) is 9.97 Å². The quantitative estimate of drug-likeness (QED) is 0.218. The zero-order chi connectivity index (χ0) is 30.7. The van der Waals surface area contributed by atoms with Crippen LogP contribution < -0.4 is 10.2 Å². The Morgan fingerprint density at radius 2 is 1.34 bits per heavy atom. The van der Waals surface area contributed by atoms with E-state index in [9.17, 15) is 10.2 Å². The molecule has 1 heterocycles. The zero-order valence-electron chi connectivity index (χ0n) is 26.7. The van der Waals surface area contributed by atoms with Gasteiger partial charge < -0.3 is 10.2 Å². The molecule has 0 amide bonds. The Balaban J connectivity index is 0.000000419. The van der Waals surface area contributed by atoms with Crippen LogP contribution in [0.4, 0.5) is 5.69 Å². The monoisotopic (exact) mass is 621 g/mol. The van der Waals surface area contributed by atoms with Crippen LogP contribution in [0.3, 0.4) is 0 Å². The topological polar surface area (TPSA) is 84.3 Å². The minimum Gasteiger partial charge on any atom is -0.873 e. The second-order valence-corrected chi connectivity index (χ2v) is 14.8. The Morgan fingerprint density at radius 3 is 1.80 bits per heavy atom. The van der Waals surface area contributed by atoms with Gasteiger partial charge in [0.2, 0.25) is 0 Å². The van der Waals surface area contributed by atoms with Crippen LogP contribution in [0, 0.1) is 0 Å². The van der Waals surface area contributed by atoms with E-state index in [1.165, 1.54) is 11.1 Å². The number of hydrogen-bond donors (Lipinski definition) is 0. The largest absolute Gasteiger partial charge is 2.00 e. The molecule has 0 atom stereocenters. The SMILES string of the molecule is CC(C)(C)c1cc(Cl)c(C(C)(C)C)c([O-])c1[O-].CC(C)(C)c1ccc(C(C)(C)C)c(N=CCc2cnccn2)c1.[Ni+2]. The maximum Gasteiger partial charge on any atom is 2.00 e. The van der Waals surface area contributed by atoms with Crippen molar-refractivity contribution in [2.75, 3.05) is 0 Å². The van der Waals surface area contributed by atoms with Gasteiger partial charge in [0.1, 0.15) is 0 Å². The van der Waals surface area contributed by atoms with Gasteiger partial charge in [0, 0.05) is 36.2 Å². The van der Waals surface area contributed by atoms with Gasteiger partial charge >= 0.3 is 16.5 Å². The van der Waals surface area contributed by atoms with E-state index in [1.54, 1.807) is 24.7 Å². The molecule has 0 unspecified atom stereocenters. The predicted octanol–water partition coefficient (Wildman–Crippen LogP) is 8.10. The average molecular weight is 623 g/mol. The van der Waals surface area contributed by atoms with Crippen LogP contribution in [-0.2, 0) is 44.6 Å². The Labute approximate surface area is 262 Å². The molecular formula is C34H46ClN3NiO2. The Hall–Kier alpha value is -2.43. The minimum atomic E-state index is -0.463. The van der Waals surface area contributed by atoms with Crippen molar-refractivity contribution in [2.45, 2.75) is 111 Å². The van der Waals surface area contributed by atoms with Crippen LogP contribution in [0.25, 0.3) is 0 Å². The van der Waals surface area contributed by atoms with Gasteiger partial charge in [0.25, 0.3) is 0 Å². The molecule has 3 rings (SSSR count). The van der Waals surface area contributed by atoms with E-state index in [2.05, 4.69) is 69.7 Å². The van der Waals surface area contributed by atoms with E-state index in [1.807, 2.05) is 47.8 Å². The molecule has 0 aliphatic rings. The molecule has 0 aliphatic carbocycles. The summed E-state index contributed by atoms with van der Waals surface area (Å²) >= 11 is 6.16. The van der Waals surface area contributed by atoms with Crippen LogP contribution in [0.2, 0.25) is 5.02 Å². The number of benzene rings is 2. The minimum absolute atomic E-state index is 0. The third-order valence-electron chi connectivity index (χ3n) is 6.57. The van der Waals surface area contributed by atoms with Crippen LogP contribution in [-0.4, -0.2) is 16.2 Å². The number of aliphatic imine (C=N–C) groups is 1. The van der Waals surface area contributed by atoms with Crippen molar-refractivity contribution in [3.05, 3.63) is 75.8 Å². The molecule has 3 aromatic rings. The molecule has 0 fully saturated rings. The number of aromatic nitrogens is 2. The van der Waals surface area contributed by atoms with E-state index in [0.29, 0.717) is 22.6 Å². The van der Waals surface area contributed by atoms with Gasteiger partial charge in [-0.05, 0) is 56.0 Å². The Kier molecular flexibility index (Phi) is 12.2. The second-order valence-electron chi connectivity index (χ2n) is 14.4. The summed E-state index contributed by atoms with van der Waals surface area (Å²) in [6.45, 7) is 24.7. The molecular weight excluding hydrogens is 577 g/mol. The Bertz CT molecular complexity index is 1330. The second kappa shape index (κ2) is 13.7. The standard InChI is InChI=1S/C20H27N3.C14H21ClO2.Ni/c1-19(2,3)15-7-8-17(20(4,5)6)18(13-15)23-10-9-16-14-21-11-12-22-16;1-13(2,3)8-7-9(15)10(14(4,5)6)12(17)11(8)16;/h7-8,10-14H,9H2,1-6H3;7,16-17H,1-6H3;/q;;+2/p-2. The molecule has 0 N–H and O–H groups in total. The fraction of sp³-hybridized carbons (Fsp3) is 0.500. The first kappa shape index (κ1) is 36.6. The summed E-state index contributed by atoms with van der Waals surface area (Å²) in [6.07, 6.45) is 7.80. The first-order valence-electron chi connectivity index (χ1n) is 13.8.